The Kier molecular flexibility index (Phi) is 6.04. The van der Waals surface area contributed by atoms with E-state index < -0.39 is 17.8 Å². The first-order chi connectivity index (χ1) is 11.5. The van der Waals surface area contributed by atoms with Crippen LogP contribution in [0.1, 0.15) is 30.9 Å². The fraction of sp³-hybridized carbons (Fsp3) is 0.389. The standard InChI is InChI=1S/C18H20N2O3S/c1-3-12-9-13(24-10-19)8-11(2)16(12)20-17(21)14-6-4-5-7-15(14)18(22)23/h4-5,8-9,14-15H,3,6-7H2,1-2H3,(H,20,21)(H,22,23)/t14-,15-/m1/s1. The molecule has 0 unspecified atom stereocenters. The van der Waals surface area contributed by atoms with Gasteiger partial charge in [0.05, 0.1) is 11.8 Å². The number of amides is 1. The first-order valence-electron chi connectivity index (χ1n) is 7.86. The zero-order valence-corrected chi connectivity index (χ0v) is 14.5. The number of carboxylic acid groups (broad SMARTS) is 1. The van der Waals surface area contributed by atoms with Crippen LogP contribution in [0.5, 0.6) is 0 Å². The summed E-state index contributed by atoms with van der Waals surface area (Å²) in [4.78, 5) is 24.9. The van der Waals surface area contributed by atoms with Crippen LogP contribution in [0.3, 0.4) is 0 Å². The fourth-order valence-electron chi connectivity index (χ4n) is 2.99. The number of allylic oxidation sites excluding steroid dienone is 2. The first-order valence-corrected chi connectivity index (χ1v) is 8.67. The van der Waals surface area contributed by atoms with Gasteiger partial charge in [-0.05, 0) is 61.2 Å². The van der Waals surface area contributed by atoms with E-state index in [0.29, 0.717) is 19.3 Å². The summed E-state index contributed by atoms with van der Waals surface area (Å²) >= 11 is 1.08. The number of hydrogen-bond donors (Lipinski definition) is 2. The third-order valence-corrected chi connectivity index (χ3v) is 4.83. The number of rotatable bonds is 5. The second kappa shape index (κ2) is 8.02. The second-order valence-electron chi connectivity index (χ2n) is 5.80. The number of carbonyl (C=O) groups excluding carboxylic acids is 1. The van der Waals surface area contributed by atoms with Crippen LogP contribution in [0.15, 0.2) is 29.2 Å². The maximum absolute atomic E-state index is 12.6. The molecule has 0 radical (unpaired) electrons. The normalized spacial score (nSPS) is 19.5. The molecule has 126 valence electrons. The summed E-state index contributed by atoms with van der Waals surface area (Å²) in [6, 6.07) is 3.75. The molecule has 1 amide bonds. The Morgan fingerprint density at radius 3 is 2.58 bits per heavy atom. The second-order valence-corrected chi connectivity index (χ2v) is 6.66. The van der Waals surface area contributed by atoms with Gasteiger partial charge in [0.2, 0.25) is 5.91 Å². The SMILES string of the molecule is CCc1cc(SC#N)cc(C)c1NC(=O)[C@@H]1CC=CC[C@H]1C(=O)O. The van der Waals surface area contributed by atoms with Crippen LogP contribution >= 0.6 is 11.8 Å². The van der Waals surface area contributed by atoms with Gasteiger partial charge in [0.15, 0.2) is 0 Å². The Bertz CT molecular complexity index is 722. The number of nitrogens with zero attached hydrogens (tertiary/aromatic N) is 1. The average Bonchev–Trinajstić information content (AvgIpc) is 2.57. The number of aliphatic carboxylic acids is 1. The van der Waals surface area contributed by atoms with E-state index >= 15 is 0 Å². The topological polar surface area (TPSA) is 90.2 Å². The molecule has 6 heteroatoms. The predicted octanol–water partition coefficient (Wildman–Crippen LogP) is 3.74. The van der Waals surface area contributed by atoms with Gasteiger partial charge >= 0.3 is 5.97 Å². The van der Waals surface area contributed by atoms with Crippen molar-refractivity contribution in [2.24, 2.45) is 11.8 Å². The molecule has 1 aliphatic rings. The van der Waals surface area contributed by atoms with Gasteiger partial charge in [-0.15, -0.1) is 0 Å². The van der Waals surface area contributed by atoms with Crippen molar-refractivity contribution in [1.29, 1.82) is 5.26 Å². The number of carbonyl (C=O) groups is 2. The number of hydrogen-bond acceptors (Lipinski definition) is 4. The quantitative estimate of drug-likeness (QED) is 0.482. The largest absolute Gasteiger partial charge is 0.481 e. The molecule has 2 rings (SSSR count). The van der Waals surface area contributed by atoms with E-state index in [9.17, 15) is 14.7 Å². The minimum Gasteiger partial charge on any atom is -0.481 e. The number of benzene rings is 1. The van der Waals surface area contributed by atoms with E-state index in [1.54, 1.807) is 0 Å². The van der Waals surface area contributed by atoms with Gasteiger partial charge in [-0.25, -0.2) is 0 Å². The van der Waals surface area contributed by atoms with Gasteiger partial charge in [-0.1, -0.05) is 19.1 Å². The predicted molar refractivity (Wildman–Crippen MR) is 93.6 cm³/mol. The molecule has 0 aromatic heterocycles. The molecule has 1 aliphatic carbocycles. The summed E-state index contributed by atoms with van der Waals surface area (Å²) in [6.45, 7) is 3.86. The summed E-state index contributed by atoms with van der Waals surface area (Å²) in [5.74, 6) is -2.45. The van der Waals surface area contributed by atoms with Crippen LogP contribution in [0.4, 0.5) is 5.69 Å². The van der Waals surface area contributed by atoms with Crippen molar-refractivity contribution in [1.82, 2.24) is 0 Å². The van der Waals surface area contributed by atoms with Crippen molar-refractivity contribution < 1.29 is 14.7 Å². The zero-order chi connectivity index (χ0) is 17.7. The Labute approximate surface area is 145 Å². The molecule has 5 nitrogen and oxygen atoms in total. The first kappa shape index (κ1) is 18.1. The Morgan fingerprint density at radius 2 is 2.00 bits per heavy atom. The summed E-state index contributed by atoms with van der Waals surface area (Å²) in [5, 5.41) is 23.1. The Hall–Kier alpha value is -2.26. The molecule has 0 bridgehead atoms. The van der Waals surface area contributed by atoms with Gasteiger partial charge in [-0.2, -0.15) is 5.26 Å². The summed E-state index contributed by atoms with van der Waals surface area (Å²) in [6.07, 6.45) is 5.21. The molecule has 1 aromatic carbocycles. The van der Waals surface area contributed by atoms with Gasteiger partial charge in [0.1, 0.15) is 5.40 Å². The van der Waals surface area contributed by atoms with Crippen molar-refractivity contribution in [3.8, 4) is 5.40 Å². The van der Waals surface area contributed by atoms with Gasteiger partial charge in [-0.3, -0.25) is 9.59 Å². The molecular weight excluding hydrogens is 324 g/mol. The van der Waals surface area contributed by atoms with E-state index in [1.807, 2.05) is 43.5 Å². The molecule has 1 aromatic rings. The van der Waals surface area contributed by atoms with Crippen LogP contribution in [-0.4, -0.2) is 17.0 Å². The maximum Gasteiger partial charge on any atom is 0.307 e. The van der Waals surface area contributed by atoms with E-state index in [2.05, 4.69) is 5.32 Å². The number of thiocyanates is 1. The number of anilines is 1. The highest BCUT2D eigenvalue weighted by Gasteiger charge is 2.34. The lowest BCUT2D eigenvalue weighted by molar-refractivity contribution is -0.146. The third-order valence-electron chi connectivity index (χ3n) is 4.27. The number of nitrogens with one attached hydrogen (secondary N) is 1. The smallest absolute Gasteiger partial charge is 0.307 e. The lowest BCUT2D eigenvalue weighted by Gasteiger charge is -2.25. The van der Waals surface area contributed by atoms with Crippen LogP contribution in [0, 0.1) is 29.4 Å². The minimum absolute atomic E-state index is 0.259. The summed E-state index contributed by atoms with van der Waals surface area (Å²) in [5.41, 5.74) is 2.54. The van der Waals surface area contributed by atoms with Gasteiger partial charge in [0, 0.05) is 10.6 Å². The zero-order valence-electron chi connectivity index (χ0n) is 13.7. The molecule has 0 saturated heterocycles. The lowest BCUT2D eigenvalue weighted by Crippen LogP contribution is -2.35. The molecule has 2 N–H and O–H groups in total. The minimum atomic E-state index is -0.937. The number of thioether (sulfide) groups is 1. The monoisotopic (exact) mass is 344 g/mol. The molecule has 0 aliphatic heterocycles. The molecule has 24 heavy (non-hydrogen) atoms. The van der Waals surface area contributed by atoms with Crippen LogP contribution < -0.4 is 5.32 Å². The number of aryl methyl sites for hydroxylation is 2. The molecule has 0 fully saturated rings. The van der Waals surface area contributed by atoms with E-state index in [0.717, 1.165) is 33.5 Å². The number of nitriles is 1. The third kappa shape index (κ3) is 3.98. The summed E-state index contributed by atoms with van der Waals surface area (Å²) < 4.78 is 0. The lowest BCUT2D eigenvalue weighted by atomic mass is 9.82. The molecule has 0 heterocycles. The maximum atomic E-state index is 12.6. The van der Waals surface area contributed by atoms with Crippen LogP contribution in [0.2, 0.25) is 0 Å². The van der Waals surface area contributed by atoms with Crippen molar-refractivity contribution in [3.63, 3.8) is 0 Å². The van der Waals surface area contributed by atoms with Crippen LogP contribution in [0.25, 0.3) is 0 Å². The number of carboxylic acids is 1. The van der Waals surface area contributed by atoms with E-state index in [4.69, 9.17) is 5.26 Å². The van der Waals surface area contributed by atoms with Gasteiger partial charge < -0.3 is 10.4 Å². The van der Waals surface area contributed by atoms with Crippen molar-refractivity contribution in [2.45, 2.75) is 38.0 Å². The molecule has 0 saturated carbocycles. The molecular formula is C18H20N2O3S. The van der Waals surface area contributed by atoms with E-state index in [-0.39, 0.29) is 5.91 Å². The van der Waals surface area contributed by atoms with Crippen molar-refractivity contribution in [3.05, 3.63) is 35.4 Å². The van der Waals surface area contributed by atoms with Crippen molar-refractivity contribution >= 4 is 29.3 Å². The van der Waals surface area contributed by atoms with Crippen molar-refractivity contribution in [2.75, 3.05) is 5.32 Å². The van der Waals surface area contributed by atoms with E-state index in [1.165, 1.54) is 0 Å². The van der Waals surface area contributed by atoms with Gasteiger partial charge in [0.25, 0.3) is 0 Å². The average molecular weight is 344 g/mol. The molecule has 2 atom stereocenters. The van der Waals surface area contributed by atoms with Crippen LogP contribution in [-0.2, 0) is 16.0 Å². The highest BCUT2D eigenvalue weighted by molar-refractivity contribution is 8.03. The Balaban J connectivity index is 2.27. The highest BCUT2D eigenvalue weighted by Crippen LogP contribution is 2.31. The summed E-state index contributed by atoms with van der Waals surface area (Å²) in [7, 11) is 0. The highest BCUT2D eigenvalue weighted by atomic mass is 32.2. The fourth-order valence-corrected chi connectivity index (χ4v) is 3.53. The molecule has 0 spiro atoms. The Morgan fingerprint density at radius 1 is 1.33 bits per heavy atom.